The first-order valence-corrected chi connectivity index (χ1v) is 5.12. The molecule has 0 fully saturated rings. The van der Waals surface area contributed by atoms with Gasteiger partial charge >= 0.3 is 0 Å². The van der Waals surface area contributed by atoms with Crippen LogP contribution in [0.4, 0.5) is 0 Å². The number of rotatable bonds is 1. The van der Waals surface area contributed by atoms with Crippen molar-refractivity contribution in [2.45, 2.75) is 0 Å². The van der Waals surface area contributed by atoms with Gasteiger partial charge in [-0.2, -0.15) is 0 Å². The minimum absolute atomic E-state index is 0.719. The van der Waals surface area contributed by atoms with Crippen molar-refractivity contribution in [2.24, 2.45) is 0 Å². The van der Waals surface area contributed by atoms with Crippen LogP contribution >= 0.6 is 0 Å². The van der Waals surface area contributed by atoms with Crippen LogP contribution in [0.25, 0.3) is 21.7 Å². The van der Waals surface area contributed by atoms with E-state index in [0.717, 1.165) is 33.5 Å². The van der Waals surface area contributed by atoms with E-state index in [-0.39, 0.29) is 0 Å². The largest absolute Gasteiger partial charge is 0.298 e. The van der Waals surface area contributed by atoms with Crippen LogP contribution in [-0.4, -0.2) is 11.3 Å². The van der Waals surface area contributed by atoms with Gasteiger partial charge in [0, 0.05) is 27.9 Å². The molecule has 0 radical (unpaired) electrons. The van der Waals surface area contributed by atoms with Gasteiger partial charge in [-0.25, -0.2) is 0 Å². The molecule has 2 aromatic carbocycles. The first kappa shape index (κ1) is 9.04. The third-order valence-corrected chi connectivity index (χ3v) is 2.77. The van der Waals surface area contributed by atoms with Crippen molar-refractivity contribution in [1.82, 2.24) is 4.98 Å². The Labute approximate surface area is 92.5 Å². The summed E-state index contributed by atoms with van der Waals surface area (Å²) in [5.74, 6) is 0. The number of pyridine rings is 1. The van der Waals surface area contributed by atoms with Crippen LogP contribution in [0.15, 0.2) is 48.7 Å². The number of fused-ring (bicyclic) bond motifs is 3. The van der Waals surface area contributed by atoms with Crippen LogP contribution in [-0.2, 0) is 0 Å². The Bertz CT molecular complexity index is 688. The monoisotopic (exact) mass is 207 g/mol. The van der Waals surface area contributed by atoms with Crippen molar-refractivity contribution in [3.05, 3.63) is 54.2 Å². The maximum Gasteiger partial charge on any atom is 0.150 e. The van der Waals surface area contributed by atoms with E-state index in [1.165, 1.54) is 0 Å². The summed E-state index contributed by atoms with van der Waals surface area (Å²) in [5.41, 5.74) is 1.64. The number of aromatic nitrogens is 1. The van der Waals surface area contributed by atoms with Crippen molar-refractivity contribution in [1.29, 1.82) is 0 Å². The number of hydrogen-bond donors (Lipinski definition) is 0. The van der Waals surface area contributed by atoms with E-state index in [1.807, 2.05) is 48.7 Å². The lowest BCUT2D eigenvalue weighted by Crippen LogP contribution is -1.87. The number of hydrogen-bond acceptors (Lipinski definition) is 2. The van der Waals surface area contributed by atoms with Gasteiger partial charge in [0.15, 0.2) is 6.29 Å². The fourth-order valence-corrected chi connectivity index (χ4v) is 2.04. The molecule has 0 aliphatic rings. The Balaban J connectivity index is 2.62. The maximum atomic E-state index is 11.0. The van der Waals surface area contributed by atoms with E-state index >= 15 is 0 Å². The molecule has 0 bridgehead atoms. The average Bonchev–Trinajstić information content (AvgIpc) is 2.37. The van der Waals surface area contributed by atoms with Gasteiger partial charge < -0.3 is 0 Å². The molecule has 2 nitrogen and oxygen atoms in total. The summed E-state index contributed by atoms with van der Waals surface area (Å²) < 4.78 is 0. The molecule has 0 spiro atoms. The highest BCUT2D eigenvalue weighted by Crippen LogP contribution is 2.25. The molecule has 3 rings (SSSR count). The highest BCUT2D eigenvalue weighted by Gasteiger charge is 2.04. The highest BCUT2D eigenvalue weighted by atomic mass is 16.1. The maximum absolute atomic E-state index is 11.0. The Morgan fingerprint density at radius 2 is 1.88 bits per heavy atom. The van der Waals surface area contributed by atoms with Gasteiger partial charge in [0.1, 0.15) is 0 Å². The zero-order chi connectivity index (χ0) is 11.0. The molecule has 76 valence electrons. The molecule has 1 aromatic heterocycles. The second-order valence-electron chi connectivity index (χ2n) is 3.70. The van der Waals surface area contributed by atoms with Crippen LogP contribution in [0.3, 0.4) is 0 Å². The van der Waals surface area contributed by atoms with Gasteiger partial charge in [0.05, 0.1) is 5.52 Å². The molecule has 16 heavy (non-hydrogen) atoms. The normalized spacial score (nSPS) is 10.8. The van der Waals surface area contributed by atoms with Gasteiger partial charge in [-0.15, -0.1) is 0 Å². The standard InChI is InChI=1S/C14H9NO/c16-9-11-5-3-4-10-8-15-13-7-2-1-6-12(13)14(10)11/h1-9H. The molecular weight excluding hydrogens is 198 g/mol. The van der Waals surface area contributed by atoms with E-state index in [1.54, 1.807) is 0 Å². The molecule has 0 aliphatic heterocycles. The Kier molecular flexibility index (Phi) is 1.93. The zero-order valence-electron chi connectivity index (χ0n) is 8.55. The summed E-state index contributed by atoms with van der Waals surface area (Å²) in [4.78, 5) is 15.4. The highest BCUT2D eigenvalue weighted by molar-refractivity contribution is 6.12. The fraction of sp³-hybridized carbons (Fsp3) is 0. The molecule has 0 N–H and O–H groups in total. The van der Waals surface area contributed by atoms with E-state index in [0.29, 0.717) is 0 Å². The molecule has 0 saturated carbocycles. The van der Waals surface area contributed by atoms with Crippen LogP contribution in [0, 0.1) is 0 Å². The minimum atomic E-state index is 0.719. The van der Waals surface area contributed by atoms with E-state index in [9.17, 15) is 4.79 Å². The second kappa shape index (κ2) is 3.42. The summed E-state index contributed by atoms with van der Waals surface area (Å²) in [7, 11) is 0. The van der Waals surface area contributed by atoms with E-state index < -0.39 is 0 Å². The summed E-state index contributed by atoms with van der Waals surface area (Å²) in [6.07, 6.45) is 2.71. The number of nitrogens with zero attached hydrogens (tertiary/aromatic N) is 1. The summed E-state index contributed by atoms with van der Waals surface area (Å²) >= 11 is 0. The van der Waals surface area contributed by atoms with E-state index in [2.05, 4.69) is 4.98 Å². The van der Waals surface area contributed by atoms with E-state index in [4.69, 9.17) is 0 Å². The van der Waals surface area contributed by atoms with Crippen LogP contribution < -0.4 is 0 Å². The minimum Gasteiger partial charge on any atom is -0.298 e. The molecule has 3 aromatic rings. The van der Waals surface area contributed by atoms with Gasteiger partial charge in [0.2, 0.25) is 0 Å². The molecule has 0 saturated heterocycles. The lowest BCUT2D eigenvalue weighted by molar-refractivity contribution is 0.112. The van der Waals surface area contributed by atoms with Crippen LogP contribution in [0.1, 0.15) is 10.4 Å². The third kappa shape index (κ3) is 1.20. The van der Waals surface area contributed by atoms with Gasteiger partial charge in [-0.1, -0.05) is 36.4 Å². The molecular formula is C14H9NO. The molecule has 0 atom stereocenters. The van der Waals surface area contributed by atoms with Crippen molar-refractivity contribution in [3.8, 4) is 0 Å². The fourth-order valence-electron chi connectivity index (χ4n) is 2.04. The van der Waals surface area contributed by atoms with Gasteiger partial charge in [0.25, 0.3) is 0 Å². The SMILES string of the molecule is O=Cc1cccc2cnc3ccccc3c12. The second-order valence-corrected chi connectivity index (χ2v) is 3.70. The lowest BCUT2D eigenvalue weighted by atomic mass is 10.0. The molecule has 2 heteroatoms. The summed E-state index contributed by atoms with van der Waals surface area (Å²) in [6, 6.07) is 13.6. The van der Waals surface area contributed by atoms with Crippen molar-refractivity contribution in [3.63, 3.8) is 0 Å². The Morgan fingerprint density at radius 1 is 1.00 bits per heavy atom. The van der Waals surface area contributed by atoms with Crippen molar-refractivity contribution < 1.29 is 4.79 Å². The third-order valence-electron chi connectivity index (χ3n) is 2.77. The van der Waals surface area contributed by atoms with Crippen molar-refractivity contribution in [2.75, 3.05) is 0 Å². The number of aldehydes is 1. The Morgan fingerprint density at radius 3 is 2.75 bits per heavy atom. The first-order valence-electron chi connectivity index (χ1n) is 5.12. The summed E-state index contributed by atoms with van der Waals surface area (Å²) in [5, 5.41) is 3.02. The molecule has 0 unspecified atom stereocenters. The van der Waals surface area contributed by atoms with Crippen LogP contribution in [0.5, 0.6) is 0 Å². The van der Waals surface area contributed by atoms with Gasteiger partial charge in [-0.3, -0.25) is 9.78 Å². The number of para-hydroxylation sites is 1. The predicted molar refractivity (Wildman–Crippen MR) is 64.6 cm³/mol. The van der Waals surface area contributed by atoms with Gasteiger partial charge in [-0.05, 0) is 6.07 Å². The number of carbonyl (C=O) groups is 1. The molecule has 0 aliphatic carbocycles. The molecule has 0 amide bonds. The first-order chi connectivity index (χ1) is 7.90. The number of benzene rings is 2. The Hall–Kier alpha value is -2.22. The smallest absolute Gasteiger partial charge is 0.150 e. The predicted octanol–water partition coefficient (Wildman–Crippen LogP) is 3.20. The van der Waals surface area contributed by atoms with Crippen LogP contribution in [0.2, 0.25) is 0 Å². The summed E-state index contributed by atoms with van der Waals surface area (Å²) in [6.45, 7) is 0. The molecule has 1 heterocycles. The quantitative estimate of drug-likeness (QED) is 0.453. The number of carbonyl (C=O) groups excluding carboxylic acids is 1. The zero-order valence-corrected chi connectivity index (χ0v) is 8.55. The van der Waals surface area contributed by atoms with Crippen molar-refractivity contribution >= 4 is 28.0 Å². The lowest BCUT2D eigenvalue weighted by Gasteiger charge is -2.04. The average molecular weight is 207 g/mol. The topological polar surface area (TPSA) is 30.0 Å².